The molecule has 0 bridgehead atoms. The third-order valence-electron chi connectivity index (χ3n) is 2.78. The zero-order valence-corrected chi connectivity index (χ0v) is 12.8. The zero-order valence-electron chi connectivity index (χ0n) is 10.7. The van der Waals surface area contributed by atoms with Crippen molar-refractivity contribution in [1.82, 2.24) is 0 Å². The molecule has 0 unspecified atom stereocenters. The highest BCUT2D eigenvalue weighted by atomic mass is 127. The Morgan fingerprint density at radius 3 is 2.43 bits per heavy atom. The number of anilines is 1. The molecule has 0 aliphatic carbocycles. The van der Waals surface area contributed by atoms with Crippen molar-refractivity contribution in [1.29, 1.82) is 0 Å². The van der Waals surface area contributed by atoms with Crippen LogP contribution in [0.15, 0.2) is 42.5 Å². The fourth-order valence-corrected chi connectivity index (χ4v) is 2.32. The van der Waals surface area contributed by atoms with Gasteiger partial charge >= 0.3 is 0 Å². The van der Waals surface area contributed by atoms with Crippen LogP contribution in [0, 0.1) is 23.8 Å². The van der Waals surface area contributed by atoms with Crippen LogP contribution in [0.3, 0.4) is 0 Å². The van der Waals surface area contributed by atoms with E-state index in [1.807, 2.05) is 24.3 Å². The summed E-state index contributed by atoms with van der Waals surface area (Å²) >= 11 is 2.17. The Bertz CT molecular complexity index is 706. The van der Waals surface area contributed by atoms with Crippen LogP contribution >= 0.6 is 22.6 Å². The fourth-order valence-electron chi connectivity index (χ4n) is 1.78. The fraction of sp³-hybridized carbons (Fsp3) is 0.0769. The zero-order chi connectivity index (χ0) is 15.4. The molecule has 0 saturated carbocycles. The van der Waals surface area contributed by atoms with E-state index in [1.54, 1.807) is 0 Å². The second-order valence-electron chi connectivity index (χ2n) is 4.19. The summed E-state index contributed by atoms with van der Waals surface area (Å²) in [6, 6.07) is 11.2. The smallest absolute Gasteiger partial charge is 0.281 e. The van der Waals surface area contributed by atoms with E-state index >= 15 is 0 Å². The molecule has 8 heteroatoms. The van der Waals surface area contributed by atoms with Gasteiger partial charge in [-0.1, -0.05) is 6.07 Å². The number of hydrogen-bond donors (Lipinski definition) is 1. The standard InChI is InChI=1S/C13H10IN3O4/c14-10-2-1-3-11(6-10)15-8-9-4-5-12(16(18)19)7-13(9)17(20)21/h1-7,15H,8H2. The third kappa shape index (κ3) is 3.88. The van der Waals surface area contributed by atoms with Gasteiger partial charge in [-0.3, -0.25) is 20.2 Å². The van der Waals surface area contributed by atoms with Gasteiger partial charge in [0.2, 0.25) is 0 Å². The van der Waals surface area contributed by atoms with E-state index in [9.17, 15) is 20.2 Å². The quantitative estimate of drug-likeness (QED) is 0.470. The van der Waals surface area contributed by atoms with Gasteiger partial charge in [-0.25, -0.2) is 0 Å². The van der Waals surface area contributed by atoms with E-state index in [2.05, 4.69) is 27.9 Å². The monoisotopic (exact) mass is 399 g/mol. The van der Waals surface area contributed by atoms with Crippen molar-refractivity contribution < 1.29 is 9.85 Å². The first-order chi connectivity index (χ1) is 9.97. The molecule has 0 aromatic heterocycles. The Kier molecular flexibility index (Phi) is 4.68. The second kappa shape index (κ2) is 6.48. The molecule has 7 nitrogen and oxygen atoms in total. The molecule has 1 N–H and O–H groups in total. The van der Waals surface area contributed by atoms with E-state index in [1.165, 1.54) is 12.1 Å². The molecule has 0 radical (unpaired) electrons. The van der Waals surface area contributed by atoms with Crippen molar-refractivity contribution in [3.8, 4) is 0 Å². The number of nitro groups is 2. The van der Waals surface area contributed by atoms with Gasteiger partial charge in [0.25, 0.3) is 11.4 Å². The van der Waals surface area contributed by atoms with Crippen molar-refractivity contribution in [2.75, 3.05) is 5.32 Å². The van der Waals surface area contributed by atoms with Crippen molar-refractivity contribution in [3.05, 3.63) is 71.8 Å². The van der Waals surface area contributed by atoms with Crippen LogP contribution in [0.5, 0.6) is 0 Å². The molecule has 2 aromatic rings. The van der Waals surface area contributed by atoms with Crippen LogP contribution in [0.1, 0.15) is 5.56 Å². The highest BCUT2D eigenvalue weighted by molar-refractivity contribution is 14.1. The first-order valence-corrected chi connectivity index (χ1v) is 6.96. The predicted octanol–water partition coefficient (Wildman–Crippen LogP) is 3.72. The molecule has 2 rings (SSSR count). The lowest BCUT2D eigenvalue weighted by Crippen LogP contribution is -2.04. The first-order valence-electron chi connectivity index (χ1n) is 5.88. The van der Waals surface area contributed by atoms with E-state index < -0.39 is 9.85 Å². The van der Waals surface area contributed by atoms with Crippen LogP contribution in [0.4, 0.5) is 17.1 Å². The maximum absolute atomic E-state index is 11.0. The van der Waals surface area contributed by atoms with Crippen LogP contribution in [0.2, 0.25) is 0 Å². The number of nitrogens with one attached hydrogen (secondary N) is 1. The Labute approximate surface area is 133 Å². The van der Waals surface area contributed by atoms with Gasteiger partial charge in [0.15, 0.2) is 0 Å². The van der Waals surface area contributed by atoms with Gasteiger partial charge in [-0.05, 0) is 46.9 Å². The van der Waals surface area contributed by atoms with Gasteiger partial charge in [-0.2, -0.15) is 0 Å². The summed E-state index contributed by atoms with van der Waals surface area (Å²) < 4.78 is 1.04. The molecule has 0 aliphatic heterocycles. The van der Waals surface area contributed by atoms with Gasteiger partial charge in [0, 0.05) is 27.4 Å². The highest BCUT2D eigenvalue weighted by Crippen LogP contribution is 2.25. The summed E-state index contributed by atoms with van der Waals surface area (Å²) in [7, 11) is 0. The summed E-state index contributed by atoms with van der Waals surface area (Å²) in [5.74, 6) is 0. The molecular formula is C13H10IN3O4. The van der Waals surface area contributed by atoms with E-state index in [0.717, 1.165) is 15.3 Å². The molecule has 0 spiro atoms. The van der Waals surface area contributed by atoms with Gasteiger partial charge < -0.3 is 5.32 Å². The maximum Gasteiger partial charge on any atom is 0.281 e. The number of non-ortho nitro benzene ring substituents is 1. The number of hydrogen-bond acceptors (Lipinski definition) is 5. The highest BCUT2D eigenvalue weighted by Gasteiger charge is 2.18. The molecule has 21 heavy (non-hydrogen) atoms. The van der Waals surface area contributed by atoms with Crippen molar-refractivity contribution in [3.63, 3.8) is 0 Å². The largest absolute Gasteiger partial charge is 0.381 e. The Balaban J connectivity index is 2.23. The average Bonchev–Trinajstić information content (AvgIpc) is 2.44. The molecule has 0 heterocycles. The summed E-state index contributed by atoms with van der Waals surface area (Å²) in [5.41, 5.74) is 0.668. The topological polar surface area (TPSA) is 98.3 Å². The second-order valence-corrected chi connectivity index (χ2v) is 5.44. The van der Waals surface area contributed by atoms with Crippen LogP contribution in [0.25, 0.3) is 0 Å². The maximum atomic E-state index is 11.0. The number of halogens is 1. The Hall–Kier alpha value is -2.23. The summed E-state index contributed by atoms with van der Waals surface area (Å²) in [6.07, 6.45) is 0. The lowest BCUT2D eigenvalue weighted by Gasteiger charge is -2.07. The first kappa shape index (κ1) is 15.2. The summed E-state index contributed by atoms with van der Waals surface area (Å²) in [5, 5.41) is 24.8. The van der Waals surface area contributed by atoms with E-state index in [4.69, 9.17) is 0 Å². The number of benzene rings is 2. The van der Waals surface area contributed by atoms with Crippen LogP contribution in [-0.2, 0) is 6.54 Å². The third-order valence-corrected chi connectivity index (χ3v) is 3.45. The van der Waals surface area contributed by atoms with Crippen LogP contribution < -0.4 is 5.32 Å². The molecule has 108 valence electrons. The van der Waals surface area contributed by atoms with E-state index in [0.29, 0.717) is 5.56 Å². The molecule has 0 aliphatic rings. The van der Waals surface area contributed by atoms with Crippen LogP contribution in [-0.4, -0.2) is 9.85 Å². The average molecular weight is 399 g/mol. The Morgan fingerprint density at radius 2 is 1.81 bits per heavy atom. The predicted molar refractivity (Wildman–Crippen MR) is 86.2 cm³/mol. The normalized spacial score (nSPS) is 10.1. The van der Waals surface area contributed by atoms with Crippen molar-refractivity contribution in [2.24, 2.45) is 0 Å². The van der Waals surface area contributed by atoms with Gasteiger partial charge in [-0.15, -0.1) is 0 Å². The van der Waals surface area contributed by atoms with E-state index in [-0.39, 0.29) is 17.9 Å². The minimum atomic E-state index is -0.649. The number of nitrogens with zero attached hydrogens (tertiary/aromatic N) is 2. The Morgan fingerprint density at radius 1 is 1.05 bits per heavy atom. The molecule has 0 atom stereocenters. The lowest BCUT2D eigenvalue weighted by atomic mass is 10.1. The summed E-state index contributed by atoms with van der Waals surface area (Å²) in [4.78, 5) is 20.4. The minimum Gasteiger partial charge on any atom is -0.381 e. The number of nitro benzene ring substituents is 2. The van der Waals surface area contributed by atoms with Gasteiger partial charge in [0.1, 0.15) is 0 Å². The molecular weight excluding hydrogens is 389 g/mol. The number of rotatable bonds is 5. The molecule has 0 amide bonds. The minimum absolute atomic E-state index is 0.217. The van der Waals surface area contributed by atoms with Crippen molar-refractivity contribution >= 4 is 39.7 Å². The summed E-state index contributed by atoms with van der Waals surface area (Å²) in [6.45, 7) is 0.217. The SMILES string of the molecule is O=[N+]([O-])c1ccc(CNc2cccc(I)c2)c([N+](=O)[O-])c1. The molecule has 0 saturated heterocycles. The lowest BCUT2D eigenvalue weighted by molar-refractivity contribution is -0.394. The molecule has 0 fully saturated rings. The van der Waals surface area contributed by atoms with Crippen molar-refractivity contribution in [2.45, 2.75) is 6.54 Å². The van der Waals surface area contributed by atoms with Gasteiger partial charge in [0.05, 0.1) is 15.9 Å². The molecule has 2 aromatic carbocycles.